The zero-order valence-corrected chi connectivity index (χ0v) is 16.4. The Bertz CT molecular complexity index is 971. The fourth-order valence-corrected chi connectivity index (χ4v) is 3.09. The van der Waals surface area contributed by atoms with Gasteiger partial charge in [0.15, 0.2) is 11.7 Å². The van der Waals surface area contributed by atoms with E-state index >= 15 is 0 Å². The maximum Gasteiger partial charge on any atom is 0.244 e. The van der Waals surface area contributed by atoms with Crippen LogP contribution >= 0.6 is 0 Å². The van der Waals surface area contributed by atoms with Crippen LogP contribution in [0, 0.1) is 6.92 Å². The molecule has 8 nitrogen and oxygen atoms in total. The molecule has 1 aliphatic heterocycles. The van der Waals surface area contributed by atoms with Crippen molar-refractivity contribution in [1.29, 1.82) is 0 Å². The number of aryl methyl sites for hydroxylation is 1. The van der Waals surface area contributed by atoms with E-state index < -0.39 is 0 Å². The van der Waals surface area contributed by atoms with Crippen molar-refractivity contribution in [2.75, 3.05) is 14.1 Å². The molecule has 1 aromatic heterocycles. The first-order valence-electron chi connectivity index (χ1n) is 9.00. The molecule has 1 aromatic carbocycles. The third-order valence-corrected chi connectivity index (χ3v) is 4.77. The van der Waals surface area contributed by atoms with Crippen LogP contribution in [0.15, 0.2) is 40.3 Å². The van der Waals surface area contributed by atoms with Crippen LogP contribution in [-0.2, 0) is 24.4 Å². The third kappa shape index (κ3) is 4.01. The number of hydrogen-bond acceptors (Lipinski definition) is 5. The highest BCUT2D eigenvalue weighted by molar-refractivity contribution is 6.02. The number of amidine groups is 1. The molecule has 8 heteroatoms. The summed E-state index contributed by atoms with van der Waals surface area (Å²) in [5, 5.41) is 7.57. The monoisotopic (exact) mass is 379 g/mol. The fourth-order valence-electron chi connectivity index (χ4n) is 3.09. The summed E-state index contributed by atoms with van der Waals surface area (Å²) in [7, 11) is 3.62. The lowest BCUT2D eigenvalue weighted by atomic mass is 10.0. The van der Waals surface area contributed by atoms with E-state index in [0.717, 1.165) is 28.1 Å². The molecule has 0 radical (unpaired) electrons. The van der Waals surface area contributed by atoms with Crippen LogP contribution in [0.1, 0.15) is 22.4 Å². The van der Waals surface area contributed by atoms with Gasteiger partial charge in [-0.05, 0) is 36.4 Å². The van der Waals surface area contributed by atoms with Crippen molar-refractivity contribution < 1.29 is 4.79 Å². The Kier molecular flexibility index (Phi) is 5.70. The molecular formula is C20H25N7O. The normalized spacial score (nSPS) is 14.9. The second-order valence-corrected chi connectivity index (χ2v) is 6.68. The largest absolute Gasteiger partial charge is 0.388 e. The molecule has 3 N–H and O–H groups in total. The first-order chi connectivity index (χ1) is 13.4. The molecule has 0 spiro atoms. The van der Waals surface area contributed by atoms with Gasteiger partial charge >= 0.3 is 0 Å². The Balaban J connectivity index is 1.92. The van der Waals surface area contributed by atoms with Gasteiger partial charge in [-0.15, -0.1) is 0 Å². The first-order valence-corrected chi connectivity index (χ1v) is 9.00. The number of aliphatic imine (C=N–C) groups is 2. The Hall–Kier alpha value is -3.26. The number of carbonyl (C=O) groups is 1. The molecule has 0 aliphatic carbocycles. The van der Waals surface area contributed by atoms with E-state index in [1.165, 1.54) is 0 Å². The molecule has 0 saturated carbocycles. The predicted molar refractivity (Wildman–Crippen MR) is 111 cm³/mol. The molecule has 2 aromatic rings. The lowest BCUT2D eigenvalue weighted by Gasteiger charge is -2.22. The molecule has 1 amide bonds. The number of nitrogens with two attached hydrogens (primary N) is 1. The average molecular weight is 379 g/mol. The topological polar surface area (TPSA) is 101 Å². The number of fused-ring (bicyclic) bond motifs is 1. The van der Waals surface area contributed by atoms with Crippen molar-refractivity contribution in [3.05, 3.63) is 52.7 Å². The lowest BCUT2D eigenvalue weighted by Crippen LogP contribution is -2.36. The number of nitrogens with one attached hydrogen (secondary N) is 1. The molecule has 146 valence electrons. The van der Waals surface area contributed by atoms with Crippen LogP contribution in [0.3, 0.4) is 0 Å². The summed E-state index contributed by atoms with van der Waals surface area (Å²) in [6.45, 7) is 6.91. The number of rotatable bonds is 5. The number of amides is 1. The second-order valence-electron chi connectivity index (χ2n) is 6.68. The van der Waals surface area contributed by atoms with Gasteiger partial charge in [0.2, 0.25) is 5.91 Å². The number of benzene rings is 1. The Morgan fingerprint density at radius 2 is 2.18 bits per heavy atom. The van der Waals surface area contributed by atoms with Crippen LogP contribution in [0.4, 0.5) is 5.82 Å². The van der Waals surface area contributed by atoms with Crippen LogP contribution in [0.5, 0.6) is 0 Å². The van der Waals surface area contributed by atoms with E-state index in [0.29, 0.717) is 24.7 Å². The van der Waals surface area contributed by atoms with Gasteiger partial charge in [0.05, 0.1) is 12.2 Å². The summed E-state index contributed by atoms with van der Waals surface area (Å²) in [5.74, 6) is 0.962. The molecule has 1 aliphatic rings. The quantitative estimate of drug-likeness (QED) is 0.609. The number of carbonyl (C=O) groups excluding carboxylic acids is 1. The zero-order valence-electron chi connectivity index (χ0n) is 16.4. The summed E-state index contributed by atoms with van der Waals surface area (Å²) < 4.78 is 1.68. The van der Waals surface area contributed by atoms with Crippen molar-refractivity contribution >= 4 is 30.0 Å². The fraction of sp³-hybridized carbons (Fsp3) is 0.300. The van der Waals surface area contributed by atoms with Crippen molar-refractivity contribution in [3.8, 4) is 0 Å². The molecule has 0 atom stereocenters. The number of likely N-dealkylation sites (N-methyl/N-ethyl adjacent to an activating group) is 1. The van der Waals surface area contributed by atoms with Gasteiger partial charge < -0.3 is 16.0 Å². The van der Waals surface area contributed by atoms with Crippen molar-refractivity contribution in [2.24, 2.45) is 15.7 Å². The maximum absolute atomic E-state index is 11.8. The second kappa shape index (κ2) is 8.18. The third-order valence-electron chi connectivity index (χ3n) is 4.77. The summed E-state index contributed by atoms with van der Waals surface area (Å²) in [5.41, 5.74) is 10.8. The zero-order chi connectivity index (χ0) is 20.3. The van der Waals surface area contributed by atoms with E-state index in [-0.39, 0.29) is 12.5 Å². The Labute approximate surface area is 164 Å². The molecular weight excluding hydrogens is 354 g/mol. The standard InChI is InChI=1S/C20H25N7O/c1-13-7-14(5-6-15(13)10-21)17(22-2)9-18(23-3)24-19-8-16-11-26(4)20(28)12-27(16)25-19/h5-9,22H,3,10-12,21H2,1-2,4H3. The highest BCUT2D eigenvalue weighted by Crippen LogP contribution is 2.20. The van der Waals surface area contributed by atoms with E-state index in [4.69, 9.17) is 5.73 Å². The molecule has 3 rings (SSSR count). The van der Waals surface area contributed by atoms with Crippen LogP contribution in [-0.4, -0.2) is 47.2 Å². The Morgan fingerprint density at radius 3 is 2.82 bits per heavy atom. The van der Waals surface area contributed by atoms with Crippen LogP contribution in [0.2, 0.25) is 0 Å². The van der Waals surface area contributed by atoms with E-state index in [9.17, 15) is 4.79 Å². The van der Waals surface area contributed by atoms with Gasteiger partial charge in [0, 0.05) is 38.5 Å². The van der Waals surface area contributed by atoms with Gasteiger partial charge in [0.1, 0.15) is 6.54 Å². The number of nitrogens with zero attached hydrogens (tertiary/aromatic N) is 5. The molecule has 0 unspecified atom stereocenters. The van der Waals surface area contributed by atoms with Gasteiger partial charge in [-0.1, -0.05) is 12.1 Å². The SMILES string of the molecule is C=NC(C=C(NC)c1ccc(CN)c(C)c1)=Nc1cc2n(n1)CC(=O)N(C)C2. The molecule has 28 heavy (non-hydrogen) atoms. The molecule has 2 heterocycles. The van der Waals surface area contributed by atoms with Crippen LogP contribution in [0.25, 0.3) is 5.70 Å². The lowest BCUT2D eigenvalue weighted by molar-refractivity contribution is -0.132. The summed E-state index contributed by atoms with van der Waals surface area (Å²) in [6.07, 6.45) is 1.82. The molecule has 0 bridgehead atoms. The summed E-state index contributed by atoms with van der Waals surface area (Å²) >= 11 is 0. The smallest absolute Gasteiger partial charge is 0.244 e. The Morgan fingerprint density at radius 1 is 1.39 bits per heavy atom. The average Bonchev–Trinajstić information content (AvgIpc) is 3.06. The van der Waals surface area contributed by atoms with Gasteiger partial charge in [-0.2, -0.15) is 5.10 Å². The highest BCUT2D eigenvalue weighted by Gasteiger charge is 2.21. The van der Waals surface area contributed by atoms with Crippen molar-refractivity contribution in [2.45, 2.75) is 26.6 Å². The van der Waals surface area contributed by atoms with Crippen LogP contribution < -0.4 is 11.1 Å². The van der Waals surface area contributed by atoms with Gasteiger partial charge in [-0.3, -0.25) is 9.48 Å². The van der Waals surface area contributed by atoms with Crippen molar-refractivity contribution in [3.63, 3.8) is 0 Å². The highest BCUT2D eigenvalue weighted by atomic mass is 16.2. The first kappa shape index (κ1) is 19.5. The van der Waals surface area contributed by atoms with E-state index in [1.807, 2.05) is 38.2 Å². The minimum atomic E-state index is 0.0295. The summed E-state index contributed by atoms with van der Waals surface area (Å²) in [6, 6.07) is 7.96. The molecule has 0 saturated heterocycles. The minimum absolute atomic E-state index is 0.0295. The predicted octanol–water partition coefficient (Wildman–Crippen LogP) is 1.61. The van der Waals surface area contributed by atoms with Gasteiger partial charge in [0.25, 0.3) is 0 Å². The maximum atomic E-state index is 11.8. The van der Waals surface area contributed by atoms with E-state index in [2.05, 4.69) is 33.2 Å². The molecule has 0 fully saturated rings. The minimum Gasteiger partial charge on any atom is -0.388 e. The number of aromatic nitrogens is 2. The summed E-state index contributed by atoms with van der Waals surface area (Å²) in [4.78, 5) is 22.0. The van der Waals surface area contributed by atoms with Gasteiger partial charge in [-0.25, -0.2) is 9.98 Å². The van der Waals surface area contributed by atoms with Crippen molar-refractivity contribution in [1.82, 2.24) is 20.0 Å². The number of hydrogen-bond donors (Lipinski definition) is 2. The van der Waals surface area contributed by atoms with E-state index in [1.54, 1.807) is 16.6 Å².